The Morgan fingerprint density at radius 3 is 2.94 bits per heavy atom. The topological polar surface area (TPSA) is 59.5 Å². The Balaban J connectivity index is 2.00. The summed E-state index contributed by atoms with van der Waals surface area (Å²) in [6.45, 7) is 4.00. The molecule has 0 aromatic carbocycles. The summed E-state index contributed by atoms with van der Waals surface area (Å²) in [5.74, 6) is 0.419. The highest BCUT2D eigenvalue weighted by atomic mass is 15.3. The van der Waals surface area contributed by atoms with Crippen molar-refractivity contribution >= 4 is 5.65 Å². The van der Waals surface area contributed by atoms with Crippen molar-refractivity contribution in [3.8, 4) is 0 Å². The summed E-state index contributed by atoms with van der Waals surface area (Å²) in [6, 6.07) is 4.24. The van der Waals surface area contributed by atoms with E-state index in [9.17, 15) is 0 Å². The van der Waals surface area contributed by atoms with Gasteiger partial charge in [-0.1, -0.05) is 0 Å². The molecule has 2 N–H and O–H groups in total. The number of piperidine rings is 1. The normalized spacial score (nSPS) is 25.7. The predicted molar refractivity (Wildman–Crippen MR) is 70.6 cm³/mol. The average Bonchev–Trinajstić information content (AvgIpc) is 2.70. The van der Waals surface area contributed by atoms with Gasteiger partial charge in [-0.15, -0.1) is 0 Å². The molecule has 1 aliphatic heterocycles. The van der Waals surface area contributed by atoms with Crippen LogP contribution in [0.15, 0.2) is 18.3 Å². The van der Waals surface area contributed by atoms with Crippen molar-refractivity contribution in [2.75, 3.05) is 20.1 Å². The van der Waals surface area contributed by atoms with E-state index >= 15 is 0 Å². The summed E-state index contributed by atoms with van der Waals surface area (Å²) in [7, 11) is 2.12. The first-order valence-electron chi connectivity index (χ1n) is 6.39. The van der Waals surface area contributed by atoms with Gasteiger partial charge in [0, 0.05) is 25.0 Å². The summed E-state index contributed by atoms with van der Waals surface area (Å²) in [5.41, 5.74) is 9.20. The molecule has 2 aromatic rings. The van der Waals surface area contributed by atoms with Crippen LogP contribution in [-0.2, 0) is 0 Å². The molecule has 0 spiro atoms. The second-order valence-electron chi connectivity index (χ2n) is 5.34. The summed E-state index contributed by atoms with van der Waals surface area (Å²) in [4.78, 5) is 6.71. The average molecular weight is 245 g/mol. The quantitative estimate of drug-likeness (QED) is 0.806. The molecule has 1 saturated heterocycles. The third kappa shape index (κ3) is 2.00. The maximum Gasteiger partial charge on any atom is 0.153 e. The van der Waals surface area contributed by atoms with Crippen molar-refractivity contribution < 1.29 is 0 Å². The molecule has 0 aliphatic carbocycles. The minimum atomic E-state index is 0.240. The Kier molecular flexibility index (Phi) is 2.80. The van der Waals surface area contributed by atoms with Gasteiger partial charge in [-0.3, -0.25) is 0 Å². The van der Waals surface area contributed by atoms with Gasteiger partial charge in [-0.2, -0.15) is 5.10 Å². The molecule has 0 saturated carbocycles. The molecular formula is C13H19N5. The largest absolute Gasteiger partial charge is 0.327 e. The number of imidazole rings is 1. The van der Waals surface area contributed by atoms with E-state index < -0.39 is 0 Å². The van der Waals surface area contributed by atoms with Crippen molar-refractivity contribution in [1.82, 2.24) is 19.5 Å². The second-order valence-corrected chi connectivity index (χ2v) is 5.34. The van der Waals surface area contributed by atoms with Crippen LogP contribution in [0.1, 0.15) is 23.7 Å². The number of rotatable bonds is 1. The van der Waals surface area contributed by atoms with Crippen molar-refractivity contribution in [2.24, 2.45) is 5.73 Å². The van der Waals surface area contributed by atoms with Gasteiger partial charge in [0.05, 0.1) is 17.6 Å². The predicted octanol–water partition coefficient (Wildman–Crippen LogP) is 0.784. The lowest BCUT2D eigenvalue weighted by molar-refractivity contribution is 0.224. The molecule has 18 heavy (non-hydrogen) atoms. The van der Waals surface area contributed by atoms with Gasteiger partial charge in [0.2, 0.25) is 0 Å². The Morgan fingerprint density at radius 1 is 1.33 bits per heavy atom. The van der Waals surface area contributed by atoms with Crippen molar-refractivity contribution in [3.63, 3.8) is 0 Å². The summed E-state index contributed by atoms with van der Waals surface area (Å²) in [6.07, 6.45) is 2.95. The number of aryl methyl sites for hydroxylation is 1. The van der Waals surface area contributed by atoms with Crippen molar-refractivity contribution in [3.05, 3.63) is 29.7 Å². The summed E-state index contributed by atoms with van der Waals surface area (Å²) < 4.78 is 1.96. The molecule has 96 valence electrons. The van der Waals surface area contributed by atoms with Gasteiger partial charge in [0.1, 0.15) is 0 Å². The molecule has 2 atom stereocenters. The van der Waals surface area contributed by atoms with Gasteiger partial charge in [0.15, 0.2) is 5.65 Å². The van der Waals surface area contributed by atoms with Gasteiger partial charge in [-0.05, 0) is 32.5 Å². The molecule has 0 amide bonds. The van der Waals surface area contributed by atoms with E-state index in [2.05, 4.69) is 22.0 Å². The number of hydrogen-bond acceptors (Lipinski definition) is 4. The highest BCUT2D eigenvalue weighted by molar-refractivity contribution is 5.39. The zero-order valence-electron chi connectivity index (χ0n) is 10.9. The molecule has 5 heteroatoms. The lowest BCUT2D eigenvalue weighted by atomic mass is 9.93. The van der Waals surface area contributed by atoms with E-state index in [0.717, 1.165) is 30.9 Å². The Bertz CT molecular complexity index is 552. The van der Waals surface area contributed by atoms with Crippen molar-refractivity contribution in [1.29, 1.82) is 0 Å². The monoisotopic (exact) mass is 245 g/mol. The van der Waals surface area contributed by atoms with E-state index in [1.165, 1.54) is 5.69 Å². The fourth-order valence-corrected chi connectivity index (χ4v) is 2.84. The Hall–Kier alpha value is -1.46. The minimum Gasteiger partial charge on any atom is -0.327 e. The number of likely N-dealkylation sites (N-methyl/N-ethyl adjacent to an activating group) is 1. The second kappa shape index (κ2) is 4.33. The number of nitrogens with two attached hydrogens (primary N) is 1. The van der Waals surface area contributed by atoms with Crippen LogP contribution in [0.4, 0.5) is 0 Å². The number of likely N-dealkylation sites (tertiary alicyclic amines) is 1. The first-order chi connectivity index (χ1) is 8.63. The van der Waals surface area contributed by atoms with Crippen LogP contribution >= 0.6 is 0 Å². The van der Waals surface area contributed by atoms with Crippen LogP contribution in [0.2, 0.25) is 0 Å². The van der Waals surface area contributed by atoms with Crippen molar-refractivity contribution in [2.45, 2.75) is 25.3 Å². The summed E-state index contributed by atoms with van der Waals surface area (Å²) >= 11 is 0. The number of fused-ring (bicyclic) bond motifs is 1. The lowest BCUT2D eigenvalue weighted by Crippen LogP contribution is -2.44. The lowest BCUT2D eigenvalue weighted by Gasteiger charge is -2.33. The minimum absolute atomic E-state index is 0.240. The number of hydrogen-bond donors (Lipinski definition) is 1. The molecule has 2 unspecified atom stereocenters. The first-order valence-corrected chi connectivity index (χ1v) is 6.39. The number of aromatic nitrogens is 3. The molecular weight excluding hydrogens is 226 g/mol. The first kappa shape index (κ1) is 11.6. The fraction of sp³-hybridized carbons (Fsp3) is 0.538. The molecule has 3 rings (SSSR count). The third-order valence-electron chi connectivity index (χ3n) is 3.61. The van der Waals surface area contributed by atoms with Gasteiger partial charge >= 0.3 is 0 Å². The van der Waals surface area contributed by atoms with Crippen LogP contribution in [-0.4, -0.2) is 45.7 Å². The van der Waals surface area contributed by atoms with Crippen LogP contribution < -0.4 is 5.73 Å². The van der Waals surface area contributed by atoms with Crippen LogP contribution in [0.25, 0.3) is 5.65 Å². The zero-order chi connectivity index (χ0) is 12.7. The fourth-order valence-electron chi connectivity index (χ4n) is 2.84. The maximum absolute atomic E-state index is 6.10. The van der Waals surface area contributed by atoms with Crippen LogP contribution in [0.3, 0.4) is 0 Å². The van der Waals surface area contributed by atoms with E-state index in [1.54, 1.807) is 0 Å². The standard InChI is InChI=1S/C13H19N5/c1-9-3-4-13-15-6-12(18(13)16-9)10-5-11(14)8-17(2)7-10/h3-4,6,10-11H,5,7-8,14H2,1-2H3. The molecule has 5 nitrogen and oxygen atoms in total. The van der Waals surface area contributed by atoms with Crippen LogP contribution in [0, 0.1) is 6.92 Å². The maximum atomic E-state index is 6.10. The van der Waals surface area contributed by atoms with Gasteiger partial charge in [-0.25, -0.2) is 9.50 Å². The van der Waals surface area contributed by atoms with Gasteiger partial charge in [0.25, 0.3) is 0 Å². The van der Waals surface area contributed by atoms with E-state index in [-0.39, 0.29) is 6.04 Å². The molecule has 3 heterocycles. The third-order valence-corrected chi connectivity index (χ3v) is 3.61. The smallest absolute Gasteiger partial charge is 0.153 e. The molecule has 1 fully saturated rings. The SMILES string of the molecule is Cc1ccc2ncc(C3CC(N)CN(C)C3)n2n1. The van der Waals surface area contributed by atoms with Gasteiger partial charge < -0.3 is 10.6 Å². The zero-order valence-corrected chi connectivity index (χ0v) is 10.9. The molecule has 2 aromatic heterocycles. The van der Waals surface area contributed by atoms with E-state index in [1.807, 2.05) is 29.8 Å². The highest BCUT2D eigenvalue weighted by Crippen LogP contribution is 2.25. The Morgan fingerprint density at radius 2 is 2.17 bits per heavy atom. The number of nitrogens with zero attached hydrogens (tertiary/aromatic N) is 4. The Labute approximate surface area is 107 Å². The summed E-state index contributed by atoms with van der Waals surface area (Å²) in [5, 5.41) is 4.56. The van der Waals surface area contributed by atoms with Crippen LogP contribution in [0.5, 0.6) is 0 Å². The molecule has 1 aliphatic rings. The van der Waals surface area contributed by atoms with E-state index in [4.69, 9.17) is 5.73 Å². The highest BCUT2D eigenvalue weighted by Gasteiger charge is 2.26. The molecule has 0 radical (unpaired) electrons. The molecule has 0 bridgehead atoms. The van der Waals surface area contributed by atoms with E-state index in [0.29, 0.717) is 5.92 Å².